The Labute approximate surface area is 145 Å². The Bertz CT molecular complexity index is 512. The number of nitrogens with zero attached hydrogens (tertiary/aromatic N) is 1. The van der Waals surface area contributed by atoms with Crippen LogP contribution in [0.3, 0.4) is 0 Å². The number of hydrogen-bond acceptors (Lipinski definition) is 1. The topological polar surface area (TPSA) is 20.3 Å². The van der Waals surface area contributed by atoms with Gasteiger partial charge >= 0.3 is 0 Å². The molecule has 3 heteroatoms. The second kappa shape index (κ2) is 9.77. The summed E-state index contributed by atoms with van der Waals surface area (Å²) in [5, 5.41) is 0. The van der Waals surface area contributed by atoms with Crippen LogP contribution in [0.4, 0.5) is 0 Å². The molecule has 2 rings (SSSR count). The first-order chi connectivity index (χ1) is 11.2. The number of amides is 1. The van der Waals surface area contributed by atoms with Crippen LogP contribution < -0.4 is 0 Å². The zero-order valence-electron chi connectivity index (χ0n) is 14.1. The van der Waals surface area contributed by atoms with Gasteiger partial charge in [-0.1, -0.05) is 48.4 Å². The summed E-state index contributed by atoms with van der Waals surface area (Å²) in [6, 6.07) is 10.3. The van der Waals surface area contributed by atoms with Crippen molar-refractivity contribution in [3.63, 3.8) is 0 Å². The molecule has 126 valence electrons. The highest BCUT2D eigenvalue weighted by molar-refractivity contribution is 6.19. The second-order valence-electron chi connectivity index (χ2n) is 6.55. The molecule has 0 spiro atoms. The Morgan fingerprint density at radius 1 is 1.30 bits per heavy atom. The van der Waals surface area contributed by atoms with Crippen LogP contribution in [-0.4, -0.2) is 23.2 Å². The molecule has 1 fully saturated rings. The molecule has 1 aliphatic heterocycles. The summed E-state index contributed by atoms with van der Waals surface area (Å²) in [4.78, 5) is 14.7. The summed E-state index contributed by atoms with van der Waals surface area (Å²) in [6.45, 7) is 3.73. The molecule has 1 unspecified atom stereocenters. The minimum atomic E-state index is 0.227. The predicted molar refractivity (Wildman–Crippen MR) is 97.5 cm³/mol. The molecule has 1 aliphatic rings. The Kier molecular flexibility index (Phi) is 7.67. The zero-order chi connectivity index (χ0) is 16.5. The fourth-order valence-corrected chi connectivity index (χ4v) is 3.30. The lowest BCUT2D eigenvalue weighted by Crippen LogP contribution is -2.40. The monoisotopic (exact) mass is 333 g/mol. The van der Waals surface area contributed by atoms with E-state index >= 15 is 0 Å². The zero-order valence-corrected chi connectivity index (χ0v) is 14.9. The van der Waals surface area contributed by atoms with Crippen molar-refractivity contribution in [3.8, 4) is 0 Å². The average Bonchev–Trinajstić information content (AvgIpc) is 2.58. The molecule has 0 saturated carbocycles. The van der Waals surface area contributed by atoms with E-state index in [4.69, 9.17) is 11.6 Å². The predicted octanol–water partition coefficient (Wildman–Crippen LogP) is 5.17. The highest BCUT2D eigenvalue weighted by Gasteiger charge is 2.27. The van der Waals surface area contributed by atoms with E-state index in [1.165, 1.54) is 11.1 Å². The van der Waals surface area contributed by atoms with Gasteiger partial charge in [0.05, 0.1) is 0 Å². The molecule has 1 heterocycles. The van der Waals surface area contributed by atoms with Crippen LogP contribution in [0, 0.1) is 5.92 Å². The fourth-order valence-electron chi connectivity index (χ4n) is 3.19. The lowest BCUT2D eigenvalue weighted by Gasteiger charge is -2.32. The molecule has 0 N–H and O–H groups in total. The van der Waals surface area contributed by atoms with E-state index in [1.807, 2.05) is 23.1 Å². The molecule has 0 bridgehead atoms. The quantitative estimate of drug-likeness (QED) is 0.365. The van der Waals surface area contributed by atoms with Crippen LogP contribution in [0.2, 0.25) is 0 Å². The summed E-state index contributed by atoms with van der Waals surface area (Å²) in [5.41, 5.74) is 2.47. The van der Waals surface area contributed by atoms with Crippen LogP contribution in [-0.2, 0) is 11.3 Å². The fraction of sp³-hybridized carbons (Fsp3) is 0.550. The number of unbranched alkanes of at least 4 members (excludes halogenated alkanes) is 2. The summed E-state index contributed by atoms with van der Waals surface area (Å²) < 4.78 is 0. The van der Waals surface area contributed by atoms with Crippen molar-refractivity contribution in [3.05, 3.63) is 47.5 Å². The lowest BCUT2D eigenvalue weighted by molar-refractivity contribution is -0.139. The molecule has 0 aromatic heterocycles. The highest BCUT2D eigenvalue weighted by Crippen LogP contribution is 2.25. The van der Waals surface area contributed by atoms with Gasteiger partial charge in [0.2, 0.25) is 5.91 Å². The third-order valence-corrected chi connectivity index (χ3v) is 4.99. The molecule has 1 aromatic carbocycles. The van der Waals surface area contributed by atoms with Crippen LogP contribution in [0.15, 0.2) is 42.0 Å². The normalized spacial score (nSPS) is 19.2. The average molecular weight is 334 g/mol. The van der Waals surface area contributed by atoms with Gasteiger partial charge in [-0.05, 0) is 44.6 Å². The van der Waals surface area contributed by atoms with Gasteiger partial charge in [0.25, 0.3) is 0 Å². The molecule has 23 heavy (non-hydrogen) atoms. The van der Waals surface area contributed by atoms with Crippen molar-refractivity contribution in [1.29, 1.82) is 0 Å². The van der Waals surface area contributed by atoms with Crippen molar-refractivity contribution in [2.24, 2.45) is 5.92 Å². The molecule has 1 atom stereocenters. The summed E-state index contributed by atoms with van der Waals surface area (Å²) in [7, 11) is 0. The van der Waals surface area contributed by atoms with Crippen LogP contribution in [0.1, 0.15) is 51.0 Å². The van der Waals surface area contributed by atoms with Crippen molar-refractivity contribution in [2.45, 2.75) is 52.0 Å². The Balaban J connectivity index is 1.76. The van der Waals surface area contributed by atoms with Crippen molar-refractivity contribution in [2.75, 3.05) is 12.4 Å². The van der Waals surface area contributed by atoms with E-state index in [0.717, 1.165) is 51.6 Å². The standard InChI is InChI=1S/C20H28ClNO/c1-17(15-21)9-4-2-7-12-19-13-8-14-22(20(19)23)16-18-10-5-3-6-11-18/h3,5-6,9-11,19H,2,4,7-8,12-16H2,1H3/b17-9+. The number of piperidine rings is 1. The number of rotatable bonds is 8. The molecule has 1 aromatic rings. The van der Waals surface area contributed by atoms with E-state index in [1.54, 1.807) is 0 Å². The number of carbonyl (C=O) groups excluding carboxylic acids is 1. The van der Waals surface area contributed by atoms with Gasteiger partial charge in [-0.25, -0.2) is 0 Å². The number of carbonyl (C=O) groups is 1. The first-order valence-electron chi connectivity index (χ1n) is 8.75. The van der Waals surface area contributed by atoms with Gasteiger partial charge in [0, 0.05) is 24.9 Å². The number of alkyl halides is 1. The molecular formula is C20H28ClNO. The number of likely N-dealkylation sites (tertiary alicyclic amines) is 1. The SMILES string of the molecule is C/C(=C\CCCCC1CCCN(Cc2ccccc2)C1=O)CCl. The Hall–Kier alpha value is -1.28. The maximum atomic E-state index is 12.6. The lowest BCUT2D eigenvalue weighted by atomic mass is 9.91. The van der Waals surface area contributed by atoms with Gasteiger partial charge < -0.3 is 4.90 Å². The van der Waals surface area contributed by atoms with Gasteiger partial charge in [-0.15, -0.1) is 11.6 Å². The summed E-state index contributed by atoms with van der Waals surface area (Å²) in [6.07, 6.45) is 8.79. The van der Waals surface area contributed by atoms with E-state index in [-0.39, 0.29) is 5.92 Å². The molecule has 1 saturated heterocycles. The molecule has 2 nitrogen and oxygen atoms in total. The van der Waals surface area contributed by atoms with Crippen molar-refractivity contribution >= 4 is 17.5 Å². The van der Waals surface area contributed by atoms with E-state index in [9.17, 15) is 4.79 Å². The van der Waals surface area contributed by atoms with Crippen LogP contribution in [0.25, 0.3) is 0 Å². The molecular weight excluding hydrogens is 306 g/mol. The van der Waals surface area contributed by atoms with Crippen molar-refractivity contribution < 1.29 is 4.79 Å². The van der Waals surface area contributed by atoms with Crippen LogP contribution in [0.5, 0.6) is 0 Å². The number of halogens is 1. The van der Waals surface area contributed by atoms with Crippen LogP contribution >= 0.6 is 11.6 Å². The van der Waals surface area contributed by atoms with Gasteiger partial charge in [0.1, 0.15) is 0 Å². The van der Waals surface area contributed by atoms with Crippen molar-refractivity contribution in [1.82, 2.24) is 4.90 Å². The Morgan fingerprint density at radius 2 is 2.09 bits per heavy atom. The van der Waals surface area contributed by atoms with Gasteiger partial charge in [-0.2, -0.15) is 0 Å². The number of hydrogen-bond donors (Lipinski definition) is 0. The summed E-state index contributed by atoms with van der Waals surface area (Å²) >= 11 is 5.77. The molecule has 0 aliphatic carbocycles. The minimum absolute atomic E-state index is 0.227. The largest absolute Gasteiger partial charge is 0.338 e. The maximum absolute atomic E-state index is 12.6. The number of benzene rings is 1. The first-order valence-corrected chi connectivity index (χ1v) is 9.28. The maximum Gasteiger partial charge on any atom is 0.225 e. The molecule has 0 radical (unpaired) electrons. The molecule has 1 amide bonds. The first kappa shape index (κ1) is 18.1. The minimum Gasteiger partial charge on any atom is -0.338 e. The summed E-state index contributed by atoms with van der Waals surface area (Å²) in [5.74, 6) is 1.20. The smallest absolute Gasteiger partial charge is 0.225 e. The highest BCUT2D eigenvalue weighted by atomic mass is 35.5. The number of allylic oxidation sites excluding steroid dienone is 2. The van der Waals surface area contributed by atoms with Gasteiger partial charge in [-0.3, -0.25) is 4.79 Å². The third-order valence-electron chi connectivity index (χ3n) is 4.57. The Morgan fingerprint density at radius 3 is 2.83 bits per heavy atom. The van der Waals surface area contributed by atoms with E-state index in [0.29, 0.717) is 11.8 Å². The second-order valence-corrected chi connectivity index (χ2v) is 6.82. The third kappa shape index (κ3) is 6.02. The van der Waals surface area contributed by atoms with E-state index in [2.05, 4.69) is 25.1 Å². The van der Waals surface area contributed by atoms with Gasteiger partial charge in [0.15, 0.2) is 0 Å². The van der Waals surface area contributed by atoms with E-state index < -0.39 is 0 Å².